The van der Waals surface area contributed by atoms with Crippen LogP contribution in [0.1, 0.15) is 12.8 Å². The van der Waals surface area contributed by atoms with E-state index in [0.29, 0.717) is 6.54 Å². The summed E-state index contributed by atoms with van der Waals surface area (Å²) < 4.78 is 26.5. The molecular formula is C8H16N2O2S2. The molecule has 0 saturated carbocycles. The lowest BCUT2D eigenvalue weighted by atomic mass is 10.3. The fourth-order valence-corrected chi connectivity index (χ4v) is 4.73. The van der Waals surface area contributed by atoms with Crippen LogP contribution in [0.2, 0.25) is 0 Å². The van der Waals surface area contributed by atoms with Crippen LogP contribution >= 0.6 is 11.8 Å². The summed E-state index contributed by atoms with van der Waals surface area (Å²) in [5.74, 6) is 2.01. The van der Waals surface area contributed by atoms with Crippen molar-refractivity contribution >= 4 is 21.8 Å². The van der Waals surface area contributed by atoms with Crippen LogP contribution in [-0.4, -0.2) is 44.3 Å². The van der Waals surface area contributed by atoms with Crippen LogP contribution in [0.25, 0.3) is 0 Å². The van der Waals surface area contributed by atoms with Gasteiger partial charge in [0.15, 0.2) is 0 Å². The summed E-state index contributed by atoms with van der Waals surface area (Å²) in [5, 5.41) is 2.86. The topological polar surface area (TPSA) is 58.2 Å². The molecule has 2 unspecified atom stereocenters. The summed E-state index contributed by atoms with van der Waals surface area (Å²) in [6.45, 7) is 1.43. The number of sulfonamides is 1. The molecule has 2 aliphatic rings. The Balaban J connectivity index is 1.93. The Kier molecular flexibility index (Phi) is 3.36. The minimum atomic E-state index is -3.07. The van der Waals surface area contributed by atoms with Crippen molar-refractivity contribution in [2.24, 2.45) is 0 Å². The highest BCUT2D eigenvalue weighted by molar-refractivity contribution is 7.99. The number of thioether (sulfide) groups is 1. The smallest absolute Gasteiger partial charge is 0.216 e. The Morgan fingerprint density at radius 3 is 2.79 bits per heavy atom. The molecule has 2 fully saturated rings. The van der Waals surface area contributed by atoms with Gasteiger partial charge in [-0.15, -0.1) is 0 Å². The molecule has 0 aliphatic carbocycles. The van der Waals surface area contributed by atoms with Crippen molar-refractivity contribution in [1.29, 1.82) is 0 Å². The van der Waals surface area contributed by atoms with Crippen molar-refractivity contribution in [1.82, 2.24) is 10.0 Å². The molecule has 2 rings (SSSR count). The van der Waals surface area contributed by atoms with E-state index in [1.165, 1.54) is 0 Å². The largest absolute Gasteiger partial charge is 0.315 e. The van der Waals surface area contributed by atoms with Gasteiger partial charge in [-0.2, -0.15) is 11.8 Å². The minimum Gasteiger partial charge on any atom is -0.315 e. The van der Waals surface area contributed by atoms with E-state index in [9.17, 15) is 8.42 Å². The molecule has 0 spiro atoms. The summed E-state index contributed by atoms with van der Waals surface area (Å²) in [5.41, 5.74) is 0. The van der Waals surface area contributed by atoms with E-state index in [2.05, 4.69) is 10.0 Å². The van der Waals surface area contributed by atoms with E-state index in [0.717, 1.165) is 30.9 Å². The van der Waals surface area contributed by atoms with Crippen LogP contribution in [0, 0.1) is 0 Å². The molecule has 0 amide bonds. The first-order valence-corrected chi connectivity index (χ1v) is 7.68. The molecule has 82 valence electrons. The van der Waals surface area contributed by atoms with Gasteiger partial charge in [0.1, 0.15) is 0 Å². The van der Waals surface area contributed by atoms with E-state index in [1.54, 1.807) is 0 Å². The third kappa shape index (κ3) is 2.42. The highest BCUT2D eigenvalue weighted by atomic mass is 32.2. The summed E-state index contributed by atoms with van der Waals surface area (Å²) in [4.78, 5) is 0. The predicted molar refractivity (Wildman–Crippen MR) is 59.1 cm³/mol. The Hall–Kier alpha value is 0.220. The highest BCUT2D eigenvalue weighted by Crippen LogP contribution is 2.19. The Morgan fingerprint density at radius 2 is 2.21 bits per heavy atom. The van der Waals surface area contributed by atoms with Gasteiger partial charge >= 0.3 is 0 Å². The fourth-order valence-electron chi connectivity index (χ4n) is 1.85. The lowest BCUT2D eigenvalue weighted by Gasteiger charge is -2.15. The SMILES string of the molecule is O=S(=O)(NC1CCSC1)C1CCNC1. The van der Waals surface area contributed by atoms with Gasteiger partial charge in [0.25, 0.3) is 0 Å². The second-order valence-electron chi connectivity index (χ2n) is 3.84. The van der Waals surface area contributed by atoms with E-state index >= 15 is 0 Å². The fraction of sp³-hybridized carbons (Fsp3) is 1.00. The molecule has 0 aromatic heterocycles. The lowest BCUT2D eigenvalue weighted by Crippen LogP contribution is -2.41. The summed E-state index contributed by atoms with van der Waals surface area (Å²) in [6.07, 6.45) is 1.72. The normalized spacial score (nSPS) is 33.7. The van der Waals surface area contributed by atoms with E-state index < -0.39 is 10.0 Å². The number of hydrogen-bond acceptors (Lipinski definition) is 4. The molecule has 2 heterocycles. The maximum atomic E-state index is 11.8. The zero-order valence-corrected chi connectivity index (χ0v) is 9.66. The van der Waals surface area contributed by atoms with Crippen molar-refractivity contribution in [3.63, 3.8) is 0 Å². The Morgan fingerprint density at radius 1 is 1.36 bits per heavy atom. The zero-order chi connectivity index (χ0) is 10.0. The van der Waals surface area contributed by atoms with Crippen LogP contribution < -0.4 is 10.0 Å². The van der Waals surface area contributed by atoms with Crippen LogP contribution in [0.3, 0.4) is 0 Å². The molecule has 2 aliphatic heterocycles. The van der Waals surface area contributed by atoms with Gasteiger partial charge in [0.2, 0.25) is 10.0 Å². The first-order chi connectivity index (χ1) is 6.68. The standard InChI is InChI=1S/C8H16N2O2S2/c11-14(12,8-1-3-9-5-8)10-7-2-4-13-6-7/h7-10H,1-6H2. The molecule has 4 nitrogen and oxygen atoms in total. The van der Waals surface area contributed by atoms with Crippen molar-refractivity contribution in [3.05, 3.63) is 0 Å². The van der Waals surface area contributed by atoms with Crippen molar-refractivity contribution in [2.45, 2.75) is 24.1 Å². The third-order valence-electron chi connectivity index (χ3n) is 2.71. The van der Waals surface area contributed by atoms with Crippen molar-refractivity contribution in [2.75, 3.05) is 24.6 Å². The van der Waals surface area contributed by atoms with Crippen LogP contribution in [0.5, 0.6) is 0 Å². The van der Waals surface area contributed by atoms with E-state index in [4.69, 9.17) is 0 Å². The quantitative estimate of drug-likeness (QED) is 0.711. The molecule has 14 heavy (non-hydrogen) atoms. The van der Waals surface area contributed by atoms with Gasteiger partial charge in [-0.05, 0) is 25.1 Å². The average molecular weight is 236 g/mol. The van der Waals surface area contributed by atoms with E-state index in [1.807, 2.05) is 11.8 Å². The van der Waals surface area contributed by atoms with Gasteiger partial charge in [0, 0.05) is 18.3 Å². The molecule has 0 radical (unpaired) electrons. The van der Waals surface area contributed by atoms with Crippen molar-refractivity contribution < 1.29 is 8.42 Å². The molecule has 2 N–H and O–H groups in total. The van der Waals surface area contributed by atoms with Crippen molar-refractivity contribution in [3.8, 4) is 0 Å². The summed E-state index contributed by atoms with van der Waals surface area (Å²) in [7, 11) is -3.07. The molecular weight excluding hydrogens is 220 g/mol. The summed E-state index contributed by atoms with van der Waals surface area (Å²) in [6, 6.07) is 0.172. The first-order valence-electron chi connectivity index (χ1n) is 4.98. The zero-order valence-electron chi connectivity index (χ0n) is 8.03. The Bertz CT molecular complexity index is 280. The monoisotopic (exact) mass is 236 g/mol. The molecule has 2 saturated heterocycles. The van der Waals surface area contributed by atoms with Crippen LogP contribution in [0.15, 0.2) is 0 Å². The molecule has 0 aromatic rings. The second-order valence-corrected chi connectivity index (χ2v) is 6.98. The number of rotatable bonds is 3. The van der Waals surface area contributed by atoms with E-state index in [-0.39, 0.29) is 11.3 Å². The average Bonchev–Trinajstić information content (AvgIpc) is 2.71. The van der Waals surface area contributed by atoms with Gasteiger partial charge in [-0.25, -0.2) is 13.1 Å². The van der Waals surface area contributed by atoms with Crippen LogP contribution in [0.4, 0.5) is 0 Å². The van der Waals surface area contributed by atoms with Gasteiger partial charge in [0.05, 0.1) is 5.25 Å². The minimum absolute atomic E-state index is 0.172. The van der Waals surface area contributed by atoms with Gasteiger partial charge in [-0.1, -0.05) is 0 Å². The maximum absolute atomic E-state index is 11.8. The number of nitrogens with one attached hydrogen (secondary N) is 2. The lowest BCUT2D eigenvalue weighted by molar-refractivity contribution is 0.550. The Labute approximate surface area is 89.3 Å². The maximum Gasteiger partial charge on any atom is 0.216 e. The molecule has 6 heteroatoms. The predicted octanol–water partition coefficient (Wildman–Crippen LogP) is -0.227. The third-order valence-corrected chi connectivity index (χ3v) is 5.82. The van der Waals surface area contributed by atoms with Crippen LogP contribution in [-0.2, 0) is 10.0 Å². The molecule has 2 atom stereocenters. The second kappa shape index (κ2) is 4.38. The number of hydrogen-bond donors (Lipinski definition) is 2. The van der Waals surface area contributed by atoms with Gasteiger partial charge < -0.3 is 5.32 Å². The first kappa shape index (κ1) is 10.7. The van der Waals surface area contributed by atoms with Gasteiger partial charge in [-0.3, -0.25) is 0 Å². The highest BCUT2D eigenvalue weighted by Gasteiger charge is 2.31. The summed E-state index contributed by atoms with van der Waals surface area (Å²) >= 11 is 1.82. The molecule has 0 bridgehead atoms. The molecule has 0 aromatic carbocycles.